The Kier molecular flexibility index (Phi) is 6.28. The van der Waals surface area contributed by atoms with Gasteiger partial charge in [0.05, 0.1) is 5.60 Å². The number of hydrogen-bond donors (Lipinski definition) is 1. The van der Waals surface area contributed by atoms with Gasteiger partial charge in [-0.2, -0.15) is 13.2 Å². The molecule has 172 valence electrons. The van der Waals surface area contributed by atoms with Crippen LogP contribution < -0.4 is 4.74 Å². The van der Waals surface area contributed by atoms with Crippen LogP contribution in [0.4, 0.5) is 18.0 Å². The minimum absolute atomic E-state index is 0.156. The summed E-state index contributed by atoms with van der Waals surface area (Å²) in [5.74, 6) is -0.156. The Labute approximate surface area is 184 Å². The smallest absolute Gasteiger partial charge is 0.422 e. The van der Waals surface area contributed by atoms with Crippen molar-refractivity contribution in [2.75, 3.05) is 6.61 Å². The number of pyridine rings is 1. The third-order valence-corrected chi connectivity index (χ3v) is 6.08. The van der Waals surface area contributed by atoms with Crippen molar-refractivity contribution >= 4 is 6.09 Å². The summed E-state index contributed by atoms with van der Waals surface area (Å²) in [6.45, 7) is -1.24. The van der Waals surface area contributed by atoms with Gasteiger partial charge in [-0.25, -0.2) is 9.78 Å². The van der Waals surface area contributed by atoms with Crippen molar-refractivity contribution in [2.45, 2.75) is 62.6 Å². The summed E-state index contributed by atoms with van der Waals surface area (Å²) >= 11 is 0. The van der Waals surface area contributed by atoms with Gasteiger partial charge in [0.2, 0.25) is 5.88 Å². The lowest BCUT2D eigenvalue weighted by atomic mass is 9.73. The van der Waals surface area contributed by atoms with Crippen LogP contribution in [0.25, 0.3) is 0 Å². The zero-order valence-corrected chi connectivity index (χ0v) is 17.4. The number of ether oxygens (including phenoxy) is 2. The van der Waals surface area contributed by atoms with E-state index >= 15 is 0 Å². The standard InChI is InChI=1S/C23H25F3N2O4/c24-23(25,26)15-32-20-10-9-17(13-27-20)22(30)11-18-7-4-8-19(12-22)28(18)21(29)31-14-16-5-2-1-3-6-16/h1-3,5-6,9-10,13,18-19,30H,4,7-8,11-12,14-15H2. The Morgan fingerprint density at radius 2 is 1.81 bits per heavy atom. The molecule has 0 radical (unpaired) electrons. The normalized spacial score (nSPS) is 25.3. The molecule has 32 heavy (non-hydrogen) atoms. The summed E-state index contributed by atoms with van der Waals surface area (Å²) in [5, 5.41) is 11.4. The minimum Gasteiger partial charge on any atom is -0.468 e. The van der Waals surface area contributed by atoms with Gasteiger partial charge in [-0.3, -0.25) is 0 Å². The van der Waals surface area contributed by atoms with Gasteiger partial charge in [0.15, 0.2) is 6.61 Å². The Morgan fingerprint density at radius 1 is 1.12 bits per heavy atom. The van der Waals surface area contributed by atoms with Crippen molar-refractivity contribution in [3.05, 3.63) is 59.8 Å². The van der Waals surface area contributed by atoms with Crippen molar-refractivity contribution in [1.29, 1.82) is 0 Å². The highest BCUT2D eigenvalue weighted by Gasteiger charge is 2.48. The van der Waals surface area contributed by atoms with Crippen LogP contribution in [0.15, 0.2) is 48.7 Å². The molecule has 2 atom stereocenters. The van der Waals surface area contributed by atoms with Crippen molar-refractivity contribution in [3.8, 4) is 5.88 Å². The zero-order valence-electron chi connectivity index (χ0n) is 17.4. The molecule has 2 aliphatic heterocycles. The van der Waals surface area contributed by atoms with Crippen molar-refractivity contribution in [3.63, 3.8) is 0 Å². The SMILES string of the molecule is O=C(OCc1ccccc1)N1C2CCCC1CC(O)(c1ccc(OCC(F)(F)F)nc1)C2. The lowest BCUT2D eigenvalue weighted by molar-refractivity contribution is -0.154. The highest BCUT2D eigenvalue weighted by Crippen LogP contribution is 2.44. The van der Waals surface area contributed by atoms with E-state index in [0.29, 0.717) is 18.4 Å². The Balaban J connectivity index is 1.42. The highest BCUT2D eigenvalue weighted by atomic mass is 19.4. The van der Waals surface area contributed by atoms with Crippen LogP contribution in [0.2, 0.25) is 0 Å². The molecule has 0 spiro atoms. The molecule has 1 N–H and O–H groups in total. The van der Waals surface area contributed by atoms with Crippen LogP contribution in [0.3, 0.4) is 0 Å². The number of alkyl halides is 3. The fraction of sp³-hybridized carbons (Fsp3) is 0.478. The summed E-state index contributed by atoms with van der Waals surface area (Å²) in [7, 11) is 0. The molecule has 2 aliphatic rings. The Bertz CT molecular complexity index is 907. The van der Waals surface area contributed by atoms with Crippen LogP contribution in [0.5, 0.6) is 5.88 Å². The maximum absolute atomic E-state index is 12.8. The molecule has 0 saturated carbocycles. The zero-order chi connectivity index (χ0) is 22.8. The third-order valence-electron chi connectivity index (χ3n) is 6.08. The van der Waals surface area contributed by atoms with Crippen LogP contribution in [-0.2, 0) is 16.9 Å². The summed E-state index contributed by atoms with van der Waals surface area (Å²) in [5.41, 5.74) is 0.186. The molecule has 3 heterocycles. The molecule has 1 amide bonds. The molecular weight excluding hydrogens is 425 g/mol. The van der Waals surface area contributed by atoms with E-state index in [4.69, 9.17) is 4.74 Å². The highest BCUT2D eigenvalue weighted by molar-refractivity contribution is 5.69. The number of halogens is 3. The van der Waals surface area contributed by atoms with Gasteiger partial charge in [-0.05, 0) is 30.9 Å². The molecule has 2 unspecified atom stereocenters. The second-order valence-electron chi connectivity index (χ2n) is 8.41. The van der Waals surface area contributed by atoms with Gasteiger partial charge >= 0.3 is 12.3 Å². The maximum atomic E-state index is 12.8. The van der Waals surface area contributed by atoms with E-state index in [1.165, 1.54) is 18.3 Å². The summed E-state index contributed by atoms with van der Waals surface area (Å²) in [4.78, 5) is 18.5. The van der Waals surface area contributed by atoms with E-state index in [1.807, 2.05) is 30.3 Å². The number of carbonyl (C=O) groups is 1. The molecule has 6 nitrogen and oxygen atoms in total. The fourth-order valence-electron chi connectivity index (χ4n) is 4.65. The molecule has 0 aliphatic carbocycles. The first kappa shape index (κ1) is 22.4. The average molecular weight is 450 g/mol. The molecule has 2 fully saturated rings. The van der Waals surface area contributed by atoms with Gasteiger partial charge in [-0.1, -0.05) is 30.3 Å². The molecule has 9 heteroatoms. The van der Waals surface area contributed by atoms with Crippen molar-refractivity contribution in [2.24, 2.45) is 0 Å². The second kappa shape index (κ2) is 8.97. The first-order valence-electron chi connectivity index (χ1n) is 10.6. The molecule has 1 aromatic carbocycles. The molecule has 2 saturated heterocycles. The number of rotatable bonds is 5. The van der Waals surface area contributed by atoms with E-state index in [0.717, 1.165) is 24.8 Å². The van der Waals surface area contributed by atoms with E-state index in [9.17, 15) is 23.1 Å². The van der Waals surface area contributed by atoms with Crippen LogP contribution in [0.1, 0.15) is 43.2 Å². The lowest BCUT2D eigenvalue weighted by Crippen LogP contribution is -2.58. The largest absolute Gasteiger partial charge is 0.468 e. The topological polar surface area (TPSA) is 71.9 Å². The van der Waals surface area contributed by atoms with Crippen LogP contribution >= 0.6 is 0 Å². The van der Waals surface area contributed by atoms with E-state index in [-0.39, 0.29) is 30.7 Å². The number of aromatic nitrogens is 1. The van der Waals surface area contributed by atoms with Gasteiger partial charge in [-0.15, -0.1) is 0 Å². The van der Waals surface area contributed by atoms with Crippen LogP contribution in [0, 0.1) is 0 Å². The number of piperidine rings is 2. The summed E-state index contributed by atoms with van der Waals surface area (Å²) in [6.07, 6.45) is -0.402. The Hall–Kier alpha value is -2.81. The van der Waals surface area contributed by atoms with Gasteiger partial charge in [0, 0.05) is 42.8 Å². The molecule has 2 aromatic rings. The average Bonchev–Trinajstić information content (AvgIpc) is 2.76. The van der Waals surface area contributed by atoms with Crippen molar-refractivity contribution < 1.29 is 32.5 Å². The number of carbonyl (C=O) groups excluding carboxylic acids is 1. The van der Waals surface area contributed by atoms with E-state index in [2.05, 4.69) is 9.72 Å². The number of amides is 1. The maximum Gasteiger partial charge on any atom is 0.422 e. The Morgan fingerprint density at radius 3 is 2.41 bits per heavy atom. The molecule has 1 aromatic heterocycles. The van der Waals surface area contributed by atoms with Crippen molar-refractivity contribution in [1.82, 2.24) is 9.88 Å². The second-order valence-corrected chi connectivity index (χ2v) is 8.41. The quantitative estimate of drug-likeness (QED) is 0.723. The summed E-state index contributed by atoms with van der Waals surface area (Å²) in [6, 6.07) is 11.9. The number of hydrogen-bond acceptors (Lipinski definition) is 5. The monoisotopic (exact) mass is 450 g/mol. The van der Waals surface area contributed by atoms with E-state index < -0.39 is 18.4 Å². The lowest BCUT2D eigenvalue weighted by Gasteiger charge is -2.51. The first-order chi connectivity index (χ1) is 15.2. The number of benzene rings is 1. The molecule has 2 bridgehead atoms. The predicted molar refractivity (Wildman–Crippen MR) is 109 cm³/mol. The third kappa shape index (κ3) is 5.15. The number of aliphatic hydroxyl groups is 1. The van der Waals surface area contributed by atoms with Crippen LogP contribution in [-0.4, -0.2) is 46.0 Å². The number of nitrogens with zero attached hydrogens (tertiary/aromatic N) is 2. The number of fused-ring (bicyclic) bond motifs is 2. The molecular formula is C23H25F3N2O4. The van der Waals surface area contributed by atoms with Gasteiger partial charge < -0.3 is 19.5 Å². The first-order valence-corrected chi connectivity index (χ1v) is 10.6. The minimum atomic E-state index is -4.45. The summed E-state index contributed by atoms with van der Waals surface area (Å²) < 4.78 is 47.1. The van der Waals surface area contributed by atoms with E-state index in [1.54, 1.807) is 4.90 Å². The van der Waals surface area contributed by atoms with Gasteiger partial charge in [0.25, 0.3) is 0 Å². The predicted octanol–water partition coefficient (Wildman–Crippen LogP) is 4.56. The fourth-order valence-corrected chi connectivity index (χ4v) is 4.65. The molecule has 4 rings (SSSR count). The van der Waals surface area contributed by atoms with Gasteiger partial charge in [0.1, 0.15) is 6.61 Å².